The number of esters is 1. The lowest BCUT2D eigenvalue weighted by Gasteiger charge is -2.31. The van der Waals surface area contributed by atoms with Crippen LogP contribution in [0.3, 0.4) is 0 Å². The zero-order valence-corrected chi connectivity index (χ0v) is 21.1. The molecule has 1 heterocycles. The largest absolute Gasteiger partial charge is 0.507 e. The molecule has 1 aliphatic heterocycles. The molecule has 0 atom stereocenters. The Morgan fingerprint density at radius 1 is 0.917 bits per heavy atom. The van der Waals surface area contributed by atoms with Crippen LogP contribution in [0.4, 0.5) is 0 Å². The Bertz CT molecular complexity index is 1460. The molecule has 2 aliphatic rings. The predicted octanol–water partition coefficient (Wildman–Crippen LogP) is 6.39. The molecule has 0 saturated heterocycles. The molecule has 0 unspecified atom stereocenters. The van der Waals surface area contributed by atoms with Crippen molar-refractivity contribution in [2.75, 3.05) is 6.26 Å². The van der Waals surface area contributed by atoms with Crippen LogP contribution in [0.15, 0.2) is 77.4 Å². The topological polar surface area (TPSA) is 89.9 Å². The van der Waals surface area contributed by atoms with E-state index in [0.29, 0.717) is 35.5 Å². The van der Waals surface area contributed by atoms with E-state index >= 15 is 0 Å². The third-order valence-corrected chi connectivity index (χ3v) is 8.07. The molecule has 5 rings (SSSR count). The maximum Gasteiger partial charge on any atom is 0.343 e. The molecule has 6 nitrogen and oxygen atoms in total. The second-order valence-corrected chi connectivity index (χ2v) is 11.6. The standard InChI is InChI=1S/C29H28O6S/c1-19-16-24(26-27(30)29(35-28(26)31)14-7-4-8-15-29)25(34-21-11-5-3-6-12-21)18-23(19)20-10-9-13-22(17-20)36(2,32)33/h3,5-6,9-13,16-18,30H,4,7-8,14-15H2,1-2H3. The van der Waals surface area contributed by atoms with E-state index in [-0.39, 0.29) is 16.2 Å². The van der Waals surface area contributed by atoms with Crippen molar-refractivity contribution < 1.29 is 27.8 Å². The summed E-state index contributed by atoms with van der Waals surface area (Å²) >= 11 is 0. The molecule has 36 heavy (non-hydrogen) atoms. The molecule has 0 bridgehead atoms. The number of carbonyl (C=O) groups excluding carboxylic acids is 1. The number of carbonyl (C=O) groups is 1. The molecule has 1 fully saturated rings. The molecule has 0 radical (unpaired) electrons. The van der Waals surface area contributed by atoms with E-state index in [1.807, 2.05) is 31.2 Å². The quantitative estimate of drug-likeness (QED) is 0.405. The second-order valence-electron chi connectivity index (χ2n) is 9.55. The van der Waals surface area contributed by atoms with Gasteiger partial charge in [-0.2, -0.15) is 0 Å². The molecule has 7 heteroatoms. The molecule has 3 aromatic carbocycles. The van der Waals surface area contributed by atoms with Gasteiger partial charge in [0, 0.05) is 11.8 Å². The summed E-state index contributed by atoms with van der Waals surface area (Å²) in [6.07, 6.45) is 5.18. The van der Waals surface area contributed by atoms with Crippen molar-refractivity contribution in [1.29, 1.82) is 0 Å². The van der Waals surface area contributed by atoms with Gasteiger partial charge in [-0.3, -0.25) is 0 Å². The minimum absolute atomic E-state index is 0.0312. The highest BCUT2D eigenvalue weighted by molar-refractivity contribution is 7.90. The van der Waals surface area contributed by atoms with Crippen molar-refractivity contribution in [3.8, 4) is 22.6 Å². The Balaban J connectivity index is 1.68. The summed E-state index contributed by atoms with van der Waals surface area (Å²) in [5, 5.41) is 11.3. The number of benzene rings is 3. The zero-order valence-electron chi connectivity index (χ0n) is 20.3. The van der Waals surface area contributed by atoms with E-state index in [9.17, 15) is 18.3 Å². The maximum absolute atomic E-state index is 13.1. The number of hydrogen-bond donors (Lipinski definition) is 1. The highest BCUT2D eigenvalue weighted by atomic mass is 32.2. The Kier molecular flexibility index (Phi) is 6.12. The van der Waals surface area contributed by atoms with Crippen LogP contribution >= 0.6 is 0 Å². The van der Waals surface area contributed by atoms with Crippen LogP contribution < -0.4 is 4.74 Å². The van der Waals surface area contributed by atoms with Crippen LogP contribution in [0.25, 0.3) is 16.7 Å². The molecule has 186 valence electrons. The van der Waals surface area contributed by atoms with E-state index in [1.165, 1.54) is 6.26 Å². The lowest BCUT2D eigenvalue weighted by Crippen LogP contribution is -2.34. The molecule has 1 aliphatic carbocycles. The van der Waals surface area contributed by atoms with Gasteiger partial charge in [-0.05, 0) is 85.7 Å². The highest BCUT2D eigenvalue weighted by Crippen LogP contribution is 2.48. The Hall–Kier alpha value is -3.58. The number of aliphatic hydroxyl groups excluding tert-OH is 1. The Labute approximate surface area is 211 Å². The fraction of sp³-hybridized carbons (Fsp3) is 0.276. The van der Waals surface area contributed by atoms with Crippen LogP contribution in [-0.4, -0.2) is 31.4 Å². The Morgan fingerprint density at radius 2 is 1.64 bits per heavy atom. The van der Waals surface area contributed by atoms with Gasteiger partial charge in [-0.1, -0.05) is 36.8 Å². The number of sulfone groups is 1. The summed E-state index contributed by atoms with van der Waals surface area (Å²) in [7, 11) is -3.39. The summed E-state index contributed by atoms with van der Waals surface area (Å²) < 4.78 is 36.3. The van der Waals surface area contributed by atoms with E-state index in [1.54, 1.807) is 42.5 Å². The fourth-order valence-corrected chi connectivity index (χ4v) is 5.76. The minimum atomic E-state index is -3.39. The van der Waals surface area contributed by atoms with Gasteiger partial charge >= 0.3 is 5.97 Å². The number of rotatable bonds is 5. The van der Waals surface area contributed by atoms with Crippen molar-refractivity contribution in [3.63, 3.8) is 0 Å². The first kappa shape index (κ1) is 24.1. The number of para-hydroxylation sites is 1. The second kappa shape index (κ2) is 9.13. The third kappa shape index (κ3) is 4.39. The van der Waals surface area contributed by atoms with Crippen molar-refractivity contribution in [2.45, 2.75) is 49.5 Å². The van der Waals surface area contributed by atoms with Crippen LogP contribution in [0.1, 0.15) is 43.2 Å². The molecule has 1 N–H and O–H groups in total. The van der Waals surface area contributed by atoms with Gasteiger partial charge in [0.1, 0.15) is 17.1 Å². The van der Waals surface area contributed by atoms with Gasteiger partial charge in [0.05, 0.1) is 4.90 Å². The number of hydrogen-bond acceptors (Lipinski definition) is 6. The average molecular weight is 505 g/mol. The number of ether oxygens (including phenoxy) is 2. The molecular weight excluding hydrogens is 476 g/mol. The van der Waals surface area contributed by atoms with E-state index in [0.717, 1.165) is 30.4 Å². The van der Waals surface area contributed by atoms with Crippen molar-refractivity contribution in [1.82, 2.24) is 0 Å². The van der Waals surface area contributed by atoms with Crippen LogP contribution in [-0.2, 0) is 19.4 Å². The molecule has 0 amide bonds. The zero-order chi connectivity index (χ0) is 25.5. The van der Waals surface area contributed by atoms with Gasteiger partial charge in [0.25, 0.3) is 0 Å². The predicted molar refractivity (Wildman–Crippen MR) is 138 cm³/mol. The van der Waals surface area contributed by atoms with Gasteiger partial charge in [0.15, 0.2) is 21.2 Å². The van der Waals surface area contributed by atoms with Crippen LogP contribution in [0.2, 0.25) is 0 Å². The number of aliphatic hydroxyl groups is 1. The molecule has 1 spiro atoms. The third-order valence-electron chi connectivity index (χ3n) is 6.96. The Morgan fingerprint density at radius 3 is 2.33 bits per heavy atom. The van der Waals surface area contributed by atoms with E-state index in [2.05, 4.69) is 0 Å². The molecule has 3 aromatic rings. The van der Waals surface area contributed by atoms with Crippen molar-refractivity contribution >= 4 is 21.4 Å². The van der Waals surface area contributed by atoms with Crippen molar-refractivity contribution in [3.05, 3.63) is 83.6 Å². The van der Waals surface area contributed by atoms with Gasteiger partial charge in [-0.15, -0.1) is 0 Å². The summed E-state index contributed by atoms with van der Waals surface area (Å²) in [6.45, 7) is 1.88. The van der Waals surface area contributed by atoms with E-state index in [4.69, 9.17) is 9.47 Å². The van der Waals surface area contributed by atoms with Gasteiger partial charge < -0.3 is 14.6 Å². The first-order valence-electron chi connectivity index (χ1n) is 12.0. The van der Waals surface area contributed by atoms with Gasteiger partial charge in [-0.25, -0.2) is 13.2 Å². The fourth-order valence-electron chi connectivity index (χ4n) is 5.09. The van der Waals surface area contributed by atoms with Crippen molar-refractivity contribution in [2.24, 2.45) is 0 Å². The first-order valence-corrected chi connectivity index (χ1v) is 13.9. The minimum Gasteiger partial charge on any atom is -0.507 e. The average Bonchev–Trinajstić information content (AvgIpc) is 3.09. The molecule has 1 saturated carbocycles. The van der Waals surface area contributed by atoms with Gasteiger partial charge in [0.2, 0.25) is 0 Å². The molecular formula is C29H28O6S. The molecule has 0 aromatic heterocycles. The lowest BCUT2D eigenvalue weighted by atomic mass is 9.82. The highest BCUT2D eigenvalue weighted by Gasteiger charge is 2.49. The van der Waals surface area contributed by atoms with Crippen LogP contribution in [0, 0.1) is 6.92 Å². The summed E-state index contributed by atoms with van der Waals surface area (Å²) in [5.41, 5.74) is 1.87. The van der Waals surface area contributed by atoms with E-state index < -0.39 is 21.4 Å². The first-order chi connectivity index (χ1) is 17.2. The monoisotopic (exact) mass is 504 g/mol. The summed E-state index contributed by atoms with van der Waals surface area (Å²) in [5.74, 6) is 0.352. The summed E-state index contributed by atoms with van der Waals surface area (Å²) in [4.78, 5) is 13.3. The number of aryl methyl sites for hydroxylation is 1. The lowest BCUT2D eigenvalue weighted by molar-refractivity contribution is -0.149. The smallest absolute Gasteiger partial charge is 0.343 e. The maximum atomic E-state index is 13.1. The SMILES string of the molecule is Cc1cc(C2=C(O)C3(CCCCC3)OC2=O)c(Oc2ccccc2)cc1-c1cccc(S(C)(=O)=O)c1. The van der Waals surface area contributed by atoms with Crippen LogP contribution in [0.5, 0.6) is 11.5 Å². The normalized spacial score (nSPS) is 17.3. The summed E-state index contributed by atoms with van der Waals surface area (Å²) in [6, 6.07) is 19.5.